The lowest BCUT2D eigenvalue weighted by atomic mass is 10.0. The minimum Gasteiger partial charge on any atom is -0.342 e. The second kappa shape index (κ2) is 6.03. The number of amides is 2. The Morgan fingerprint density at radius 2 is 2.00 bits per heavy atom. The number of fused-ring (bicyclic) bond motifs is 1. The first-order chi connectivity index (χ1) is 9.58. The summed E-state index contributed by atoms with van der Waals surface area (Å²) in [5, 5.41) is 0. The molecule has 2 amide bonds. The highest BCUT2D eigenvalue weighted by atomic mass is 19.1. The van der Waals surface area contributed by atoms with Crippen molar-refractivity contribution in [3.05, 3.63) is 29.6 Å². The van der Waals surface area contributed by atoms with Crippen LogP contribution in [0.25, 0.3) is 0 Å². The molecule has 0 aliphatic carbocycles. The van der Waals surface area contributed by atoms with Crippen molar-refractivity contribution in [2.45, 2.75) is 26.7 Å². The highest BCUT2D eigenvalue weighted by Gasteiger charge is 2.29. The summed E-state index contributed by atoms with van der Waals surface area (Å²) >= 11 is 0. The molecule has 1 aromatic carbocycles. The summed E-state index contributed by atoms with van der Waals surface area (Å²) in [6.07, 6.45) is 0.851. The molecular formula is C15H19FN2O2. The molecule has 0 N–H and O–H groups in total. The van der Waals surface area contributed by atoms with Crippen LogP contribution in [-0.4, -0.2) is 36.3 Å². The fourth-order valence-electron chi connectivity index (χ4n) is 2.54. The zero-order chi connectivity index (χ0) is 14.7. The number of benzene rings is 1. The number of aryl methyl sites for hydroxylation is 1. The molecule has 108 valence electrons. The van der Waals surface area contributed by atoms with Gasteiger partial charge in [0.1, 0.15) is 12.4 Å². The third-order valence-corrected chi connectivity index (χ3v) is 3.66. The zero-order valence-corrected chi connectivity index (χ0v) is 11.9. The summed E-state index contributed by atoms with van der Waals surface area (Å²) in [6, 6.07) is 4.76. The summed E-state index contributed by atoms with van der Waals surface area (Å²) in [5.41, 5.74) is 1.06. The van der Waals surface area contributed by atoms with Crippen LogP contribution in [0.15, 0.2) is 18.2 Å². The van der Waals surface area contributed by atoms with Crippen LogP contribution in [0, 0.1) is 5.82 Å². The van der Waals surface area contributed by atoms with Crippen LogP contribution < -0.4 is 4.90 Å². The van der Waals surface area contributed by atoms with E-state index in [0.717, 1.165) is 5.56 Å². The van der Waals surface area contributed by atoms with Crippen molar-refractivity contribution in [2.75, 3.05) is 24.5 Å². The second-order valence-corrected chi connectivity index (χ2v) is 4.79. The van der Waals surface area contributed by atoms with Crippen LogP contribution in [0.1, 0.15) is 25.8 Å². The van der Waals surface area contributed by atoms with Gasteiger partial charge >= 0.3 is 0 Å². The first-order valence-electron chi connectivity index (χ1n) is 6.94. The molecule has 1 aliphatic heterocycles. The number of para-hydroxylation sites is 1. The van der Waals surface area contributed by atoms with Gasteiger partial charge in [-0.3, -0.25) is 14.5 Å². The van der Waals surface area contributed by atoms with E-state index in [2.05, 4.69) is 0 Å². The van der Waals surface area contributed by atoms with Crippen molar-refractivity contribution >= 4 is 17.5 Å². The van der Waals surface area contributed by atoms with Crippen LogP contribution in [0.2, 0.25) is 0 Å². The number of carbonyl (C=O) groups is 2. The van der Waals surface area contributed by atoms with Gasteiger partial charge in [0, 0.05) is 19.5 Å². The van der Waals surface area contributed by atoms with Gasteiger partial charge in [0.25, 0.3) is 0 Å². The number of rotatable bonds is 4. The van der Waals surface area contributed by atoms with Gasteiger partial charge < -0.3 is 4.90 Å². The zero-order valence-electron chi connectivity index (χ0n) is 11.9. The van der Waals surface area contributed by atoms with Crippen molar-refractivity contribution in [3.8, 4) is 0 Å². The monoisotopic (exact) mass is 278 g/mol. The Balaban J connectivity index is 2.28. The molecular weight excluding hydrogens is 259 g/mol. The molecule has 0 spiro atoms. The number of anilines is 1. The normalized spacial score (nSPS) is 14.2. The van der Waals surface area contributed by atoms with Gasteiger partial charge in [-0.25, -0.2) is 4.39 Å². The third kappa shape index (κ3) is 2.66. The van der Waals surface area contributed by atoms with E-state index < -0.39 is 5.82 Å². The molecule has 0 fully saturated rings. The Bertz CT molecular complexity index is 527. The smallest absolute Gasteiger partial charge is 0.242 e. The fraction of sp³-hybridized carbons (Fsp3) is 0.467. The Hall–Kier alpha value is -1.91. The number of carbonyl (C=O) groups excluding carboxylic acids is 2. The van der Waals surface area contributed by atoms with Crippen LogP contribution in [-0.2, 0) is 16.0 Å². The minimum atomic E-state index is -0.442. The number of likely N-dealkylation sites (N-methyl/N-ethyl adjacent to an activating group) is 1. The highest BCUT2D eigenvalue weighted by Crippen LogP contribution is 2.30. The van der Waals surface area contributed by atoms with E-state index in [0.29, 0.717) is 25.9 Å². The lowest BCUT2D eigenvalue weighted by Gasteiger charge is -2.31. The summed E-state index contributed by atoms with van der Waals surface area (Å²) in [7, 11) is 0. The quantitative estimate of drug-likeness (QED) is 0.845. The second-order valence-electron chi connectivity index (χ2n) is 4.79. The number of hydrogen-bond acceptors (Lipinski definition) is 2. The Kier molecular flexibility index (Phi) is 4.37. The molecule has 20 heavy (non-hydrogen) atoms. The molecule has 0 atom stereocenters. The topological polar surface area (TPSA) is 40.6 Å². The maximum absolute atomic E-state index is 14.0. The lowest BCUT2D eigenvalue weighted by Crippen LogP contribution is -2.45. The maximum atomic E-state index is 14.0. The highest BCUT2D eigenvalue weighted by molar-refractivity contribution is 6.01. The Morgan fingerprint density at radius 1 is 1.30 bits per heavy atom. The molecule has 0 aromatic heterocycles. The molecule has 5 heteroatoms. The van der Waals surface area contributed by atoms with Crippen molar-refractivity contribution in [1.82, 2.24) is 4.90 Å². The summed E-state index contributed by atoms with van der Waals surface area (Å²) in [4.78, 5) is 27.1. The van der Waals surface area contributed by atoms with Crippen molar-refractivity contribution in [1.29, 1.82) is 0 Å². The molecule has 0 unspecified atom stereocenters. The SMILES string of the molecule is CCN(CC)C(=O)CN1C(=O)CCc2cccc(F)c21. The third-order valence-electron chi connectivity index (χ3n) is 3.66. The van der Waals surface area contributed by atoms with Crippen LogP contribution in [0.3, 0.4) is 0 Å². The number of halogens is 1. The average molecular weight is 278 g/mol. The number of nitrogens with zero attached hydrogens (tertiary/aromatic N) is 2. The molecule has 1 aliphatic rings. The molecule has 1 heterocycles. The number of hydrogen-bond donors (Lipinski definition) is 0. The van der Waals surface area contributed by atoms with E-state index >= 15 is 0 Å². The molecule has 0 saturated heterocycles. The maximum Gasteiger partial charge on any atom is 0.242 e. The van der Waals surface area contributed by atoms with E-state index in [-0.39, 0.29) is 24.0 Å². The predicted molar refractivity (Wildman–Crippen MR) is 75.0 cm³/mol. The van der Waals surface area contributed by atoms with E-state index in [1.165, 1.54) is 11.0 Å². The van der Waals surface area contributed by atoms with Crippen molar-refractivity contribution in [3.63, 3.8) is 0 Å². The van der Waals surface area contributed by atoms with Gasteiger partial charge in [-0.15, -0.1) is 0 Å². The van der Waals surface area contributed by atoms with E-state index in [1.807, 2.05) is 13.8 Å². The van der Waals surface area contributed by atoms with Crippen LogP contribution in [0.5, 0.6) is 0 Å². The van der Waals surface area contributed by atoms with E-state index in [9.17, 15) is 14.0 Å². The first kappa shape index (κ1) is 14.5. The molecule has 0 radical (unpaired) electrons. The van der Waals surface area contributed by atoms with Gasteiger partial charge in [0.2, 0.25) is 11.8 Å². The lowest BCUT2D eigenvalue weighted by molar-refractivity contribution is -0.131. The first-order valence-corrected chi connectivity index (χ1v) is 6.94. The Labute approximate surface area is 118 Å². The van der Waals surface area contributed by atoms with Crippen molar-refractivity contribution < 1.29 is 14.0 Å². The largest absolute Gasteiger partial charge is 0.342 e. The van der Waals surface area contributed by atoms with Gasteiger partial charge in [-0.1, -0.05) is 12.1 Å². The van der Waals surface area contributed by atoms with E-state index in [1.54, 1.807) is 17.0 Å². The van der Waals surface area contributed by atoms with Gasteiger partial charge in [0.15, 0.2) is 0 Å². The summed E-state index contributed by atoms with van der Waals surface area (Å²) in [6.45, 7) is 4.85. The summed E-state index contributed by atoms with van der Waals surface area (Å²) in [5.74, 6) is -0.787. The van der Waals surface area contributed by atoms with Gasteiger partial charge in [-0.2, -0.15) is 0 Å². The fourth-order valence-corrected chi connectivity index (χ4v) is 2.54. The van der Waals surface area contributed by atoms with Gasteiger partial charge in [-0.05, 0) is 31.9 Å². The van der Waals surface area contributed by atoms with Gasteiger partial charge in [0.05, 0.1) is 5.69 Å². The Morgan fingerprint density at radius 3 is 2.65 bits per heavy atom. The predicted octanol–water partition coefficient (Wildman–Crippen LogP) is 1.97. The van der Waals surface area contributed by atoms with Crippen LogP contribution in [0.4, 0.5) is 10.1 Å². The average Bonchev–Trinajstić information content (AvgIpc) is 2.43. The molecule has 4 nitrogen and oxygen atoms in total. The molecule has 0 saturated carbocycles. The molecule has 1 aromatic rings. The van der Waals surface area contributed by atoms with Crippen LogP contribution >= 0.6 is 0 Å². The molecule has 2 rings (SSSR count). The van der Waals surface area contributed by atoms with E-state index in [4.69, 9.17) is 0 Å². The standard InChI is InChI=1S/C15H19FN2O2/c1-3-17(4-2)14(20)10-18-13(19)9-8-11-6-5-7-12(16)15(11)18/h5-7H,3-4,8-10H2,1-2H3. The minimum absolute atomic E-state index is 0.0888. The molecule has 0 bridgehead atoms. The van der Waals surface area contributed by atoms with Crippen molar-refractivity contribution in [2.24, 2.45) is 0 Å². The summed E-state index contributed by atoms with van der Waals surface area (Å²) < 4.78 is 14.0.